The van der Waals surface area contributed by atoms with E-state index >= 15 is 0 Å². The second-order valence-electron chi connectivity index (χ2n) is 7.66. The van der Waals surface area contributed by atoms with Crippen molar-refractivity contribution in [3.63, 3.8) is 0 Å². The number of carbonyl (C=O) groups is 2. The molecule has 36 heavy (non-hydrogen) atoms. The number of esters is 1. The van der Waals surface area contributed by atoms with Crippen LogP contribution in [0.25, 0.3) is 0 Å². The maximum Gasteiger partial charge on any atom is 0.308 e. The van der Waals surface area contributed by atoms with Gasteiger partial charge in [0.1, 0.15) is 17.2 Å². The molecule has 0 aliphatic rings. The van der Waals surface area contributed by atoms with Crippen LogP contribution in [0.4, 0.5) is 11.4 Å². The normalized spacial score (nSPS) is 10.4. The van der Waals surface area contributed by atoms with Gasteiger partial charge in [-0.1, -0.05) is 36.4 Å². The lowest BCUT2D eigenvalue weighted by Crippen LogP contribution is -2.33. The Bertz CT molecular complexity index is 1130. The lowest BCUT2D eigenvalue weighted by Gasteiger charge is -2.20. The third-order valence-electron chi connectivity index (χ3n) is 5.31. The van der Waals surface area contributed by atoms with Gasteiger partial charge in [0.15, 0.2) is 6.61 Å². The van der Waals surface area contributed by atoms with Crippen molar-refractivity contribution in [2.45, 2.75) is 12.5 Å². The number of nitrogens with one attached hydrogen (secondary N) is 2. The second kappa shape index (κ2) is 12.7. The van der Waals surface area contributed by atoms with Crippen LogP contribution in [0, 0.1) is 10.1 Å². The highest BCUT2D eigenvalue weighted by Gasteiger charge is 2.19. The number of ether oxygens (including phenoxy) is 3. The first-order valence-corrected chi connectivity index (χ1v) is 11.1. The van der Waals surface area contributed by atoms with Crippen LogP contribution in [0.15, 0.2) is 72.8 Å². The number of carbonyl (C=O) groups excluding carboxylic acids is 2. The smallest absolute Gasteiger partial charge is 0.308 e. The average Bonchev–Trinajstić information content (AvgIpc) is 2.91. The zero-order valence-corrected chi connectivity index (χ0v) is 19.9. The Morgan fingerprint density at radius 3 is 1.97 bits per heavy atom. The van der Waals surface area contributed by atoms with Crippen molar-refractivity contribution in [1.82, 2.24) is 5.32 Å². The van der Waals surface area contributed by atoms with Crippen LogP contribution < -0.4 is 20.1 Å². The van der Waals surface area contributed by atoms with E-state index in [0.29, 0.717) is 17.2 Å². The lowest BCUT2D eigenvalue weighted by atomic mass is 9.98. The zero-order valence-electron chi connectivity index (χ0n) is 19.9. The Morgan fingerprint density at radius 2 is 1.44 bits per heavy atom. The Morgan fingerprint density at radius 1 is 0.889 bits per heavy atom. The number of anilines is 1. The monoisotopic (exact) mass is 493 g/mol. The highest BCUT2D eigenvalue weighted by atomic mass is 16.6. The number of methoxy groups -OCH3 is 2. The molecule has 0 aliphatic carbocycles. The standard InChI is InChI=1S/C26H27N3O7/c1-34-20-11-7-18(8-12-20)26(19-9-13-21(35-2)14-10-19)28-24(30)17-36-25(31)15-16-27-22-5-3-4-6-23(22)29(32)33/h3-14,26-27H,15-17H2,1-2H3,(H,28,30). The van der Waals surface area contributed by atoms with Crippen LogP contribution in [0.2, 0.25) is 0 Å². The summed E-state index contributed by atoms with van der Waals surface area (Å²) in [5, 5.41) is 16.8. The van der Waals surface area contributed by atoms with Gasteiger partial charge in [0, 0.05) is 12.6 Å². The minimum atomic E-state index is -0.610. The molecule has 0 fully saturated rings. The number of para-hydroxylation sites is 2. The number of benzene rings is 3. The summed E-state index contributed by atoms with van der Waals surface area (Å²) in [5.41, 5.74) is 1.84. The Hall–Kier alpha value is -4.60. The second-order valence-corrected chi connectivity index (χ2v) is 7.66. The summed E-state index contributed by atoms with van der Waals surface area (Å²) in [6.45, 7) is -0.348. The molecule has 0 aromatic heterocycles. The van der Waals surface area contributed by atoms with E-state index < -0.39 is 29.4 Å². The Kier molecular flexibility index (Phi) is 9.21. The van der Waals surface area contributed by atoms with Gasteiger partial charge in [-0.25, -0.2) is 0 Å². The number of amides is 1. The molecule has 1 amide bonds. The van der Waals surface area contributed by atoms with Crippen molar-refractivity contribution in [1.29, 1.82) is 0 Å². The number of rotatable bonds is 12. The molecule has 0 saturated carbocycles. The third kappa shape index (κ3) is 7.20. The van der Waals surface area contributed by atoms with Crippen molar-refractivity contribution in [3.05, 3.63) is 94.0 Å². The van der Waals surface area contributed by atoms with Gasteiger partial charge in [0.2, 0.25) is 0 Å². The predicted molar refractivity (Wildman–Crippen MR) is 133 cm³/mol. The molecule has 188 valence electrons. The quantitative estimate of drug-likeness (QED) is 0.221. The van der Waals surface area contributed by atoms with Gasteiger partial charge in [0.05, 0.1) is 31.6 Å². The van der Waals surface area contributed by atoms with E-state index in [0.717, 1.165) is 11.1 Å². The van der Waals surface area contributed by atoms with E-state index in [1.54, 1.807) is 56.7 Å². The minimum Gasteiger partial charge on any atom is -0.497 e. The summed E-state index contributed by atoms with van der Waals surface area (Å²) in [6, 6.07) is 20.2. The van der Waals surface area contributed by atoms with Crippen molar-refractivity contribution >= 4 is 23.3 Å². The van der Waals surface area contributed by atoms with Gasteiger partial charge >= 0.3 is 5.97 Å². The summed E-state index contributed by atoms with van der Waals surface area (Å²) < 4.78 is 15.5. The fourth-order valence-corrected chi connectivity index (χ4v) is 3.45. The molecule has 0 atom stereocenters. The molecule has 0 unspecified atom stereocenters. The number of hydrogen-bond donors (Lipinski definition) is 2. The number of nitro groups is 1. The molecule has 0 aliphatic heterocycles. The topological polar surface area (TPSA) is 129 Å². The maximum atomic E-state index is 12.6. The van der Waals surface area contributed by atoms with Crippen molar-refractivity contribution in [2.24, 2.45) is 0 Å². The fraction of sp³-hybridized carbons (Fsp3) is 0.231. The van der Waals surface area contributed by atoms with E-state index in [1.807, 2.05) is 24.3 Å². The SMILES string of the molecule is COc1ccc(C(NC(=O)COC(=O)CCNc2ccccc2[N+](=O)[O-])c2ccc(OC)cc2)cc1. The molecule has 2 N–H and O–H groups in total. The highest BCUT2D eigenvalue weighted by Crippen LogP contribution is 2.26. The third-order valence-corrected chi connectivity index (χ3v) is 5.31. The molecule has 3 aromatic rings. The molecular weight excluding hydrogens is 466 g/mol. The maximum absolute atomic E-state index is 12.6. The first kappa shape index (κ1) is 26.0. The minimum absolute atomic E-state index is 0.0697. The van der Waals surface area contributed by atoms with E-state index in [4.69, 9.17) is 14.2 Å². The first-order valence-electron chi connectivity index (χ1n) is 11.1. The molecule has 0 spiro atoms. The average molecular weight is 494 g/mol. The van der Waals surface area contributed by atoms with E-state index in [1.165, 1.54) is 6.07 Å². The van der Waals surface area contributed by atoms with Gasteiger partial charge in [-0.2, -0.15) is 0 Å². The molecule has 3 aromatic carbocycles. The Balaban J connectivity index is 1.57. The molecule has 0 radical (unpaired) electrons. The molecule has 10 heteroatoms. The van der Waals surface area contributed by atoms with Gasteiger partial charge < -0.3 is 24.8 Å². The van der Waals surface area contributed by atoms with Crippen LogP contribution in [-0.4, -0.2) is 44.2 Å². The van der Waals surface area contributed by atoms with Crippen LogP contribution >= 0.6 is 0 Å². The van der Waals surface area contributed by atoms with Crippen LogP contribution in [-0.2, 0) is 14.3 Å². The highest BCUT2D eigenvalue weighted by molar-refractivity contribution is 5.81. The van der Waals surface area contributed by atoms with Crippen molar-refractivity contribution < 1.29 is 28.7 Å². The molecule has 0 bridgehead atoms. The number of nitrogens with zero attached hydrogens (tertiary/aromatic N) is 1. The van der Waals surface area contributed by atoms with Crippen LogP contribution in [0.5, 0.6) is 11.5 Å². The van der Waals surface area contributed by atoms with Gasteiger partial charge in [-0.05, 0) is 41.5 Å². The van der Waals surface area contributed by atoms with Crippen molar-refractivity contribution in [3.8, 4) is 11.5 Å². The largest absolute Gasteiger partial charge is 0.497 e. The Labute approximate surface area is 208 Å². The van der Waals surface area contributed by atoms with E-state index in [9.17, 15) is 19.7 Å². The lowest BCUT2D eigenvalue weighted by molar-refractivity contribution is -0.384. The summed E-state index contributed by atoms with van der Waals surface area (Å²) in [5.74, 6) is 0.275. The van der Waals surface area contributed by atoms with Gasteiger partial charge in [-0.3, -0.25) is 19.7 Å². The zero-order chi connectivity index (χ0) is 25.9. The van der Waals surface area contributed by atoms with Crippen LogP contribution in [0.1, 0.15) is 23.6 Å². The van der Waals surface area contributed by atoms with E-state index in [2.05, 4.69) is 10.6 Å². The van der Waals surface area contributed by atoms with E-state index in [-0.39, 0.29) is 18.7 Å². The molecule has 0 saturated heterocycles. The summed E-state index contributed by atoms with van der Waals surface area (Å²) in [4.78, 5) is 35.3. The van der Waals surface area contributed by atoms with Crippen molar-refractivity contribution in [2.75, 3.05) is 32.7 Å². The molecule has 0 heterocycles. The first-order chi connectivity index (χ1) is 17.4. The molecular formula is C26H27N3O7. The van der Waals surface area contributed by atoms with Crippen LogP contribution in [0.3, 0.4) is 0 Å². The fourth-order valence-electron chi connectivity index (χ4n) is 3.45. The summed E-state index contributed by atoms with van der Waals surface area (Å²) in [6.07, 6.45) is -0.0697. The predicted octanol–water partition coefficient (Wildman–Crippen LogP) is 3.86. The van der Waals surface area contributed by atoms with Gasteiger partial charge in [0.25, 0.3) is 11.6 Å². The molecule has 3 rings (SSSR count). The molecule has 10 nitrogen and oxygen atoms in total. The summed E-state index contributed by atoms with van der Waals surface area (Å²) >= 11 is 0. The van der Waals surface area contributed by atoms with Gasteiger partial charge in [-0.15, -0.1) is 0 Å². The summed E-state index contributed by atoms with van der Waals surface area (Å²) in [7, 11) is 3.14. The number of nitro benzene ring substituents is 1. The number of hydrogen-bond acceptors (Lipinski definition) is 8.